The van der Waals surface area contributed by atoms with E-state index in [4.69, 9.17) is 5.11 Å². The van der Waals surface area contributed by atoms with Gasteiger partial charge < -0.3 is 20.8 Å². The minimum atomic E-state index is -1.33. The second-order valence-electron chi connectivity index (χ2n) is 4.99. The van der Waals surface area contributed by atoms with Crippen molar-refractivity contribution in [3.63, 3.8) is 0 Å². The maximum absolute atomic E-state index is 11.7. The van der Waals surface area contributed by atoms with Crippen LogP contribution in [-0.4, -0.2) is 34.4 Å². The van der Waals surface area contributed by atoms with E-state index in [1.165, 1.54) is 18.1 Å². The topological polar surface area (TPSA) is 98.7 Å². The fourth-order valence-electron chi connectivity index (χ4n) is 2.35. The Kier molecular flexibility index (Phi) is 4.24. The van der Waals surface area contributed by atoms with Gasteiger partial charge in [0.05, 0.1) is 6.10 Å². The van der Waals surface area contributed by atoms with E-state index in [0.29, 0.717) is 5.69 Å². The van der Waals surface area contributed by atoms with E-state index in [1.807, 2.05) is 12.1 Å². The van der Waals surface area contributed by atoms with Crippen LogP contribution in [0.15, 0.2) is 18.2 Å². The number of aryl methyl sites for hydroxylation is 2. The molecular weight excluding hydrogens is 260 g/mol. The minimum absolute atomic E-state index is 0.623. The van der Waals surface area contributed by atoms with Crippen molar-refractivity contribution in [3.8, 4) is 0 Å². The van der Waals surface area contributed by atoms with E-state index in [2.05, 4.69) is 10.6 Å². The molecule has 20 heavy (non-hydrogen) atoms. The fraction of sp³-hybridized carbons (Fsp3) is 0.429. The summed E-state index contributed by atoms with van der Waals surface area (Å²) >= 11 is 0. The molecule has 0 bridgehead atoms. The molecule has 4 N–H and O–H groups in total. The second-order valence-corrected chi connectivity index (χ2v) is 4.99. The molecule has 1 aliphatic carbocycles. The predicted molar refractivity (Wildman–Crippen MR) is 73.7 cm³/mol. The number of carboxylic acids is 1. The number of nitrogens with one attached hydrogen (secondary N) is 2. The summed E-state index contributed by atoms with van der Waals surface area (Å²) in [5.41, 5.74) is 3.13. The highest BCUT2D eigenvalue weighted by atomic mass is 16.4. The first-order valence-electron chi connectivity index (χ1n) is 6.57. The number of carbonyl (C=O) groups is 2. The molecule has 0 saturated heterocycles. The Labute approximate surface area is 116 Å². The summed E-state index contributed by atoms with van der Waals surface area (Å²) in [6.45, 7) is 1.31. The molecule has 0 spiro atoms. The molecule has 1 aliphatic rings. The molecule has 0 heterocycles. The van der Waals surface area contributed by atoms with Crippen molar-refractivity contribution < 1.29 is 19.8 Å². The standard InChI is InChI=1S/C14H18N2O4/c1-8(17)12(13(18)19)16-14(20)15-11-6-5-9-3-2-4-10(9)7-11/h5-8,12,17H,2-4H2,1H3,(H,18,19)(H2,15,16,20). The van der Waals surface area contributed by atoms with Crippen LogP contribution >= 0.6 is 0 Å². The lowest BCUT2D eigenvalue weighted by atomic mass is 10.1. The van der Waals surface area contributed by atoms with Crippen molar-refractivity contribution in [2.75, 3.05) is 5.32 Å². The van der Waals surface area contributed by atoms with Crippen LogP contribution in [0.25, 0.3) is 0 Å². The van der Waals surface area contributed by atoms with Gasteiger partial charge in [-0.05, 0) is 49.4 Å². The van der Waals surface area contributed by atoms with Gasteiger partial charge in [-0.2, -0.15) is 0 Å². The van der Waals surface area contributed by atoms with Gasteiger partial charge >= 0.3 is 12.0 Å². The predicted octanol–water partition coefficient (Wildman–Crippen LogP) is 1.13. The number of rotatable bonds is 4. The lowest BCUT2D eigenvalue weighted by Crippen LogP contribution is -2.49. The zero-order valence-corrected chi connectivity index (χ0v) is 11.2. The highest BCUT2D eigenvalue weighted by Gasteiger charge is 2.25. The van der Waals surface area contributed by atoms with Crippen molar-refractivity contribution >= 4 is 17.7 Å². The Balaban J connectivity index is 1.99. The highest BCUT2D eigenvalue weighted by molar-refractivity contribution is 5.92. The Morgan fingerprint density at radius 1 is 1.25 bits per heavy atom. The largest absolute Gasteiger partial charge is 0.480 e. The molecule has 1 aromatic carbocycles. The highest BCUT2D eigenvalue weighted by Crippen LogP contribution is 2.24. The number of carboxylic acid groups (broad SMARTS) is 1. The number of carbonyl (C=O) groups excluding carboxylic acids is 1. The van der Waals surface area contributed by atoms with E-state index in [9.17, 15) is 14.7 Å². The van der Waals surface area contributed by atoms with Crippen LogP contribution in [0.4, 0.5) is 10.5 Å². The lowest BCUT2D eigenvalue weighted by molar-refractivity contribution is -0.141. The van der Waals surface area contributed by atoms with Gasteiger partial charge in [0, 0.05) is 5.69 Å². The summed E-state index contributed by atoms with van der Waals surface area (Å²) in [7, 11) is 0. The number of benzene rings is 1. The number of hydrogen-bond acceptors (Lipinski definition) is 3. The fourth-order valence-corrected chi connectivity index (χ4v) is 2.35. The van der Waals surface area contributed by atoms with Crippen LogP contribution in [0.5, 0.6) is 0 Å². The van der Waals surface area contributed by atoms with Gasteiger partial charge in [-0.3, -0.25) is 0 Å². The third-order valence-electron chi connectivity index (χ3n) is 3.39. The van der Waals surface area contributed by atoms with E-state index in [1.54, 1.807) is 6.07 Å². The van der Waals surface area contributed by atoms with Crippen LogP contribution in [0.1, 0.15) is 24.5 Å². The minimum Gasteiger partial charge on any atom is -0.480 e. The summed E-state index contributed by atoms with van der Waals surface area (Å²) < 4.78 is 0. The third kappa shape index (κ3) is 3.27. The maximum Gasteiger partial charge on any atom is 0.328 e. The van der Waals surface area contributed by atoms with Crippen LogP contribution in [0.2, 0.25) is 0 Å². The average molecular weight is 278 g/mol. The van der Waals surface area contributed by atoms with Gasteiger partial charge in [0.2, 0.25) is 0 Å². The molecule has 0 aliphatic heterocycles. The number of aliphatic hydroxyl groups is 1. The van der Waals surface area contributed by atoms with Gasteiger partial charge in [0.25, 0.3) is 0 Å². The van der Waals surface area contributed by atoms with Gasteiger partial charge in [-0.1, -0.05) is 6.07 Å². The van der Waals surface area contributed by atoms with E-state index >= 15 is 0 Å². The maximum atomic E-state index is 11.7. The first-order chi connectivity index (χ1) is 9.47. The van der Waals surface area contributed by atoms with Crippen LogP contribution in [0, 0.1) is 0 Å². The molecule has 0 saturated carbocycles. The van der Waals surface area contributed by atoms with E-state index in [-0.39, 0.29) is 0 Å². The number of aliphatic carboxylic acids is 1. The molecule has 0 aromatic heterocycles. The first-order valence-corrected chi connectivity index (χ1v) is 6.57. The third-order valence-corrected chi connectivity index (χ3v) is 3.39. The quantitative estimate of drug-likeness (QED) is 0.663. The molecule has 6 heteroatoms. The van der Waals surface area contributed by atoms with Crippen LogP contribution < -0.4 is 10.6 Å². The molecular formula is C14H18N2O4. The zero-order chi connectivity index (χ0) is 14.7. The number of anilines is 1. The number of fused-ring (bicyclic) bond motifs is 1. The summed E-state index contributed by atoms with van der Waals surface area (Å²) in [6.07, 6.45) is 2.01. The number of aliphatic hydroxyl groups excluding tert-OH is 1. The van der Waals surface area contributed by atoms with Crippen LogP contribution in [-0.2, 0) is 17.6 Å². The monoisotopic (exact) mass is 278 g/mol. The normalized spacial score (nSPS) is 16.1. The molecule has 1 aromatic rings. The van der Waals surface area contributed by atoms with Gasteiger partial charge in [0.15, 0.2) is 6.04 Å². The molecule has 2 rings (SSSR count). The van der Waals surface area contributed by atoms with Gasteiger partial charge in [0.1, 0.15) is 0 Å². The Morgan fingerprint density at radius 2 is 1.95 bits per heavy atom. The lowest BCUT2D eigenvalue weighted by Gasteiger charge is -2.17. The number of hydrogen-bond donors (Lipinski definition) is 4. The summed E-state index contributed by atoms with van der Waals surface area (Å²) in [5, 5.41) is 23.0. The average Bonchev–Trinajstić information content (AvgIpc) is 2.82. The van der Waals surface area contributed by atoms with Crippen molar-refractivity contribution in [1.29, 1.82) is 0 Å². The molecule has 108 valence electrons. The number of urea groups is 1. The first kappa shape index (κ1) is 14.3. The Bertz CT molecular complexity index is 528. The van der Waals surface area contributed by atoms with E-state index in [0.717, 1.165) is 19.3 Å². The van der Waals surface area contributed by atoms with Crippen molar-refractivity contribution in [2.45, 2.75) is 38.3 Å². The summed E-state index contributed by atoms with van der Waals surface area (Å²) in [6, 6.07) is 3.70. The molecule has 2 unspecified atom stereocenters. The van der Waals surface area contributed by atoms with E-state index < -0.39 is 24.1 Å². The smallest absolute Gasteiger partial charge is 0.328 e. The Morgan fingerprint density at radius 3 is 2.60 bits per heavy atom. The summed E-state index contributed by atoms with van der Waals surface area (Å²) in [5.74, 6) is -1.27. The summed E-state index contributed by atoms with van der Waals surface area (Å²) in [4.78, 5) is 22.6. The van der Waals surface area contributed by atoms with Crippen molar-refractivity contribution in [1.82, 2.24) is 5.32 Å². The SMILES string of the molecule is CC(O)C(NC(=O)Nc1ccc2c(c1)CCC2)C(=O)O. The zero-order valence-electron chi connectivity index (χ0n) is 11.2. The molecule has 2 atom stereocenters. The van der Waals surface area contributed by atoms with Crippen molar-refractivity contribution in [3.05, 3.63) is 29.3 Å². The molecule has 6 nitrogen and oxygen atoms in total. The second kappa shape index (κ2) is 5.92. The number of amides is 2. The van der Waals surface area contributed by atoms with Crippen LogP contribution in [0.3, 0.4) is 0 Å². The molecule has 0 radical (unpaired) electrons. The molecule has 2 amide bonds. The van der Waals surface area contributed by atoms with Gasteiger partial charge in [-0.15, -0.1) is 0 Å². The van der Waals surface area contributed by atoms with Crippen molar-refractivity contribution in [2.24, 2.45) is 0 Å². The Hall–Kier alpha value is -2.08. The molecule has 0 fully saturated rings. The van der Waals surface area contributed by atoms with Gasteiger partial charge in [-0.25, -0.2) is 9.59 Å².